The van der Waals surface area contributed by atoms with Gasteiger partial charge >= 0.3 is 0 Å². The molecular formula is C21H33N5O2S3. The minimum atomic E-state index is -3.31. The summed E-state index contributed by atoms with van der Waals surface area (Å²) in [5, 5.41) is 7.62. The summed E-state index contributed by atoms with van der Waals surface area (Å²) in [6, 6.07) is 0. The second-order valence-electron chi connectivity index (χ2n) is 8.76. The largest absolute Gasteiger partial charge is 0.361 e. The van der Waals surface area contributed by atoms with Crippen molar-refractivity contribution in [1.29, 1.82) is 0 Å². The zero-order valence-corrected chi connectivity index (χ0v) is 20.8. The van der Waals surface area contributed by atoms with Gasteiger partial charge < -0.3 is 5.32 Å². The zero-order chi connectivity index (χ0) is 21.8. The fourth-order valence-electron chi connectivity index (χ4n) is 4.52. The van der Waals surface area contributed by atoms with Crippen LogP contribution in [0.25, 0.3) is 11.4 Å². The highest BCUT2D eigenvalue weighted by Gasteiger charge is 2.26. The van der Waals surface area contributed by atoms with Gasteiger partial charge in [0.1, 0.15) is 11.4 Å². The first-order chi connectivity index (χ1) is 14.9. The highest BCUT2D eigenvalue weighted by Crippen LogP contribution is 2.32. The van der Waals surface area contributed by atoms with Crippen LogP contribution in [0.2, 0.25) is 0 Å². The van der Waals surface area contributed by atoms with Crippen molar-refractivity contribution in [2.45, 2.75) is 58.8 Å². The Balaban J connectivity index is 1.19. The van der Waals surface area contributed by atoms with Gasteiger partial charge in [-0.3, -0.25) is 0 Å². The predicted molar refractivity (Wildman–Crippen MR) is 129 cm³/mol. The number of aryl methyl sites for hydroxylation is 2. The van der Waals surface area contributed by atoms with E-state index in [1.54, 1.807) is 27.0 Å². The average molecular weight is 484 g/mol. The molecule has 1 saturated heterocycles. The molecule has 31 heavy (non-hydrogen) atoms. The number of nitrogens with zero attached hydrogens (tertiary/aromatic N) is 3. The summed E-state index contributed by atoms with van der Waals surface area (Å²) >= 11 is 3.35. The molecule has 7 nitrogen and oxygen atoms in total. The maximum atomic E-state index is 12.5. The zero-order valence-electron chi connectivity index (χ0n) is 18.4. The van der Waals surface area contributed by atoms with Crippen molar-refractivity contribution in [3.8, 4) is 11.4 Å². The minimum Gasteiger partial charge on any atom is -0.361 e. The van der Waals surface area contributed by atoms with Crippen LogP contribution in [0.1, 0.15) is 54.8 Å². The quantitative estimate of drug-likeness (QED) is 0.580. The van der Waals surface area contributed by atoms with E-state index in [0.29, 0.717) is 31.5 Å². The molecule has 2 aromatic heterocycles. The molecule has 172 valence electrons. The molecule has 10 heteroatoms. The van der Waals surface area contributed by atoms with Crippen molar-refractivity contribution in [2.24, 2.45) is 11.8 Å². The van der Waals surface area contributed by atoms with Crippen LogP contribution in [-0.4, -0.2) is 48.9 Å². The molecule has 2 aromatic rings. The molecule has 1 saturated carbocycles. The van der Waals surface area contributed by atoms with Gasteiger partial charge in [-0.2, -0.15) is 12.7 Å². The van der Waals surface area contributed by atoms with Crippen LogP contribution < -0.4 is 10.0 Å². The second-order valence-corrected chi connectivity index (χ2v) is 12.8. The SMILES string of the molecule is Cc1nc(-c2csc(NCC3CCC(CNS(=O)(=O)N4CCCCC4)CC3)n2)c(C)s1. The molecule has 0 amide bonds. The van der Waals surface area contributed by atoms with Crippen molar-refractivity contribution < 1.29 is 8.42 Å². The van der Waals surface area contributed by atoms with Crippen molar-refractivity contribution in [3.63, 3.8) is 0 Å². The van der Waals surface area contributed by atoms with E-state index in [0.717, 1.165) is 73.0 Å². The molecule has 2 N–H and O–H groups in total. The predicted octanol–water partition coefficient (Wildman–Crippen LogP) is 4.42. The fraction of sp³-hybridized carbons (Fsp3) is 0.714. The Morgan fingerprint density at radius 2 is 1.71 bits per heavy atom. The third kappa shape index (κ3) is 6.04. The number of thiazole rings is 2. The molecule has 3 heterocycles. The second kappa shape index (κ2) is 10.2. The fourth-order valence-corrected chi connectivity index (χ4v) is 7.42. The Morgan fingerprint density at radius 3 is 2.35 bits per heavy atom. The summed E-state index contributed by atoms with van der Waals surface area (Å²) in [4.78, 5) is 10.5. The number of nitrogens with one attached hydrogen (secondary N) is 2. The van der Waals surface area contributed by atoms with E-state index >= 15 is 0 Å². The van der Waals surface area contributed by atoms with Gasteiger partial charge in [-0.25, -0.2) is 14.7 Å². The van der Waals surface area contributed by atoms with Crippen molar-refractivity contribution in [3.05, 3.63) is 15.3 Å². The maximum absolute atomic E-state index is 12.5. The minimum absolute atomic E-state index is 0.443. The van der Waals surface area contributed by atoms with Crippen molar-refractivity contribution in [2.75, 3.05) is 31.5 Å². The van der Waals surface area contributed by atoms with Crippen LogP contribution in [0.3, 0.4) is 0 Å². The maximum Gasteiger partial charge on any atom is 0.279 e. The van der Waals surface area contributed by atoms with E-state index in [4.69, 9.17) is 4.98 Å². The lowest BCUT2D eigenvalue weighted by Crippen LogP contribution is -2.45. The molecule has 0 bridgehead atoms. The van der Waals surface area contributed by atoms with Gasteiger partial charge in [0.25, 0.3) is 10.2 Å². The van der Waals surface area contributed by atoms with E-state index in [1.807, 2.05) is 6.92 Å². The lowest BCUT2D eigenvalue weighted by atomic mass is 9.82. The van der Waals surface area contributed by atoms with Gasteiger partial charge in [-0.1, -0.05) is 6.42 Å². The van der Waals surface area contributed by atoms with Gasteiger partial charge in [-0.15, -0.1) is 22.7 Å². The number of hydrogen-bond acceptors (Lipinski definition) is 7. The smallest absolute Gasteiger partial charge is 0.279 e. The van der Waals surface area contributed by atoms with Gasteiger partial charge in [0.15, 0.2) is 5.13 Å². The van der Waals surface area contributed by atoms with Gasteiger partial charge in [0.2, 0.25) is 0 Å². The first kappa shape index (κ1) is 23.1. The summed E-state index contributed by atoms with van der Waals surface area (Å²) < 4.78 is 29.4. The third-order valence-corrected chi connectivity index (χ3v) is 9.63. The summed E-state index contributed by atoms with van der Waals surface area (Å²) in [6.07, 6.45) is 7.50. The standard InChI is InChI=1S/C21H33N5O2S3/c1-15-20(24-16(2)30-15)19-14-29-21(25-19)22-12-17-6-8-18(9-7-17)13-23-31(27,28)26-10-4-3-5-11-26/h14,17-18,23H,3-13H2,1-2H3,(H,22,25). The lowest BCUT2D eigenvalue weighted by molar-refractivity contribution is 0.280. The molecule has 1 aliphatic heterocycles. The first-order valence-electron chi connectivity index (χ1n) is 11.3. The Bertz CT molecular complexity index is 958. The number of piperidine rings is 1. The molecule has 2 fully saturated rings. The Hall–Kier alpha value is -1.07. The van der Waals surface area contributed by atoms with Crippen LogP contribution in [-0.2, 0) is 10.2 Å². The van der Waals surface area contributed by atoms with E-state index in [-0.39, 0.29) is 0 Å². The Kier molecular flexibility index (Phi) is 7.64. The molecule has 0 atom stereocenters. The molecule has 4 rings (SSSR count). The third-order valence-electron chi connectivity index (χ3n) is 6.37. The Labute approximate surface area is 193 Å². The number of rotatable bonds is 8. The van der Waals surface area contributed by atoms with Gasteiger partial charge in [-0.05, 0) is 64.2 Å². The van der Waals surface area contributed by atoms with E-state index in [9.17, 15) is 8.42 Å². The van der Waals surface area contributed by atoms with E-state index in [2.05, 4.69) is 27.3 Å². The van der Waals surface area contributed by atoms with Crippen molar-refractivity contribution in [1.82, 2.24) is 19.0 Å². The molecule has 1 aliphatic carbocycles. The van der Waals surface area contributed by atoms with Crippen LogP contribution in [0, 0.1) is 25.7 Å². The van der Waals surface area contributed by atoms with E-state index in [1.165, 1.54) is 4.88 Å². The molecule has 0 unspecified atom stereocenters. The number of anilines is 1. The normalized spacial score (nSPS) is 23.2. The first-order valence-corrected chi connectivity index (χ1v) is 14.4. The lowest BCUT2D eigenvalue weighted by Gasteiger charge is -2.30. The van der Waals surface area contributed by atoms with Crippen molar-refractivity contribution >= 4 is 38.0 Å². The monoisotopic (exact) mass is 483 g/mol. The summed E-state index contributed by atoms with van der Waals surface area (Å²) in [6.45, 7) is 6.94. The van der Waals surface area contributed by atoms with E-state index < -0.39 is 10.2 Å². The average Bonchev–Trinajstić information content (AvgIpc) is 3.37. The molecule has 2 aliphatic rings. The van der Waals surface area contributed by atoms with Crippen LogP contribution in [0.4, 0.5) is 5.13 Å². The number of aromatic nitrogens is 2. The van der Waals surface area contributed by atoms with Crippen LogP contribution >= 0.6 is 22.7 Å². The van der Waals surface area contributed by atoms with Gasteiger partial charge in [0, 0.05) is 36.4 Å². The molecule has 0 spiro atoms. The summed E-state index contributed by atoms with van der Waals surface area (Å²) in [5.41, 5.74) is 1.96. The van der Waals surface area contributed by atoms with Crippen LogP contribution in [0.5, 0.6) is 0 Å². The molecule has 0 radical (unpaired) electrons. The number of hydrogen-bond donors (Lipinski definition) is 2. The van der Waals surface area contributed by atoms with Gasteiger partial charge in [0.05, 0.1) is 5.01 Å². The Morgan fingerprint density at radius 1 is 1.03 bits per heavy atom. The topological polar surface area (TPSA) is 87.2 Å². The summed E-state index contributed by atoms with van der Waals surface area (Å²) in [7, 11) is -3.31. The highest BCUT2D eigenvalue weighted by molar-refractivity contribution is 7.87. The summed E-state index contributed by atoms with van der Waals surface area (Å²) in [5.74, 6) is 1.06. The molecular weight excluding hydrogens is 450 g/mol. The molecule has 0 aromatic carbocycles. The highest BCUT2D eigenvalue weighted by atomic mass is 32.2. The van der Waals surface area contributed by atoms with Crippen LogP contribution in [0.15, 0.2) is 5.38 Å².